The quantitative estimate of drug-likeness (QED) is 0.256. The van der Waals surface area contributed by atoms with Crippen LogP contribution in [0.1, 0.15) is 86.5 Å². The Morgan fingerprint density at radius 3 is 1.44 bits per heavy atom. The molecule has 0 amide bonds. The van der Waals surface area contributed by atoms with Crippen molar-refractivity contribution in [1.29, 1.82) is 0 Å². The molecule has 0 bridgehead atoms. The molecule has 0 spiro atoms. The maximum atomic E-state index is 6.49. The third kappa shape index (κ3) is 5.00. The highest BCUT2D eigenvalue weighted by molar-refractivity contribution is 5.91. The Bertz CT molecular complexity index is 1450. The lowest BCUT2D eigenvalue weighted by Crippen LogP contribution is -2.41. The van der Waals surface area contributed by atoms with E-state index in [4.69, 9.17) is 9.47 Å². The monoisotopic (exact) mass is 546 g/mol. The van der Waals surface area contributed by atoms with Crippen molar-refractivity contribution < 1.29 is 9.47 Å². The molecule has 8 rings (SSSR count). The van der Waals surface area contributed by atoms with Crippen LogP contribution in [0.2, 0.25) is 0 Å². The minimum atomic E-state index is 0.678. The summed E-state index contributed by atoms with van der Waals surface area (Å²) < 4.78 is 13.0. The lowest BCUT2D eigenvalue weighted by atomic mass is 9.93. The van der Waals surface area contributed by atoms with E-state index in [-0.39, 0.29) is 0 Å². The number of fused-ring (bicyclic) bond motifs is 6. The highest BCUT2D eigenvalue weighted by Gasteiger charge is 2.28. The van der Waals surface area contributed by atoms with E-state index in [0.717, 1.165) is 44.5 Å². The van der Waals surface area contributed by atoms with Gasteiger partial charge in [-0.3, -0.25) is 9.80 Å². The van der Waals surface area contributed by atoms with Crippen molar-refractivity contribution in [3.05, 3.63) is 82.9 Å². The van der Waals surface area contributed by atoms with E-state index in [0.29, 0.717) is 12.1 Å². The number of nitrogens with zero attached hydrogens (tertiary/aromatic N) is 2. The molecule has 0 saturated heterocycles. The zero-order valence-corrected chi connectivity index (χ0v) is 24.2. The van der Waals surface area contributed by atoms with Crippen LogP contribution >= 0.6 is 0 Å². The highest BCUT2D eigenvalue weighted by atomic mass is 16.5. The molecule has 212 valence electrons. The van der Waals surface area contributed by atoms with E-state index in [1.807, 2.05) is 0 Å². The van der Waals surface area contributed by atoms with Crippen LogP contribution < -0.4 is 9.47 Å². The maximum absolute atomic E-state index is 6.49. The fourth-order valence-corrected chi connectivity index (χ4v) is 8.00. The Kier molecular flexibility index (Phi) is 6.85. The molecular weight excluding hydrogens is 504 g/mol. The number of benzene rings is 4. The molecule has 0 unspecified atom stereocenters. The average Bonchev–Trinajstić information content (AvgIpc) is 3.05. The van der Waals surface area contributed by atoms with Gasteiger partial charge < -0.3 is 9.47 Å². The van der Waals surface area contributed by atoms with E-state index in [1.54, 1.807) is 0 Å². The predicted octanol–water partition coefficient (Wildman–Crippen LogP) is 8.55. The van der Waals surface area contributed by atoms with Gasteiger partial charge in [-0.25, -0.2) is 0 Å². The predicted molar refractivity (Wildman–Crippen MR) is 167 cm³/mol. The minimum absolute atomic E-state index is 0.678. The second-order valence-corrected chi connectivity index (χ2v) is 13.0. The number of hydrogen-bond acceptors (Lipinski definition) is 4. The van der Waals surface area contributed by atoms with Crippen LogP contribution in [-0.2, 0) is 19.5 Å². The van der Waals surface area contributed by atoms with Gasteiger partial charge in [0.1, 0.15) is 25.0 Å². The first-order valence-corrected chi connectivity index (χ1v) is 16.1. The van der Waals surface area contributed by atoms with Gasteiger partial charge >= 0.3 is 0 Å². The number of ether oxygens (including phenoxy) is 2. The van der Waals surface area contributed by atoms with Crippen molar-refractivity contribution >= 4 is 21.5 Å². The van der Waals surface area contributed by atoms with Gasteiger partial charge in [0.2, 0.25) is 0 Å². The van der Waals surface area contributed by atoms with E-state index in [2.05, 4.69) is 70.5 Å². The zero-order valence-electron chi connectivity index (χ0n) is 24.2. The zero-order chi connectivity index (χ0) is 27.2. The molecule has 2 heterocycles. The third-order valence-corrected chi connectivity index (χ3v) is 10.3. The Balaban J connectivity index is 1.05. The Hall–Kier alpha value is -3.08. The van der Waals surface area contributed by atoms with Crippen LogP contribution in [0, 0.1) is 0 Å². The number of hydrogen-bond donors (Lipinski definition) is 0. The minimum Gasteiger partial charge on any atom is -0.477 e. The summed E-state index contributed by atoms with van der Waals surface area (Å²) in [5.41, 5.74) is 5.34. The fraction of sp³-hybridized carbons (Fsp3) is 0.459. The summed E-state index contributed by atoms with van der Waals surface area (Å²) >= 11 is 0. The van der Waals surface area contributed by atoms with Crippen molar-refractivity contribution in [3.8, 4) is 11.5 Å². The molecule has 0 atom stereocenters. The first-order valence-electron chi connectivity index (χ1n) is 16.1. The summed E-state index contributed by atoms with van der Waals surface area (Å²) in [5.74, 6) is 2.19. The molecule has 4 aromatic carbocycles. The van der Waals surface area contributed by atoms with Crippen LogP contribution in [0.15, 0.2) is 60.7 Å². The van der Waals surface area contributed by atoms with Crippen molar-refractivity contribution in [1.82, 2.24) is 9.80 Å². The standard InChI is InChI=1S/C37H42N2O2/c1-3-7-32(8-4-1)38-22-30-17-15-28-13-11-26(20-34(28)36(30)40-24-38)19-27-12-14-29-16-18-31-23-39(33-9-5-2-6-10-33)25-41-37(31)35(29)21-27/h11-18,20-21,32-33H,1-10,19,22-25H2. The summed E-state index contributed by atoms with van der Waals surface area (Å²) in [4.78, 5) is 5.12. The SMILES string of the molecule is c1cc2ccc3c(c2cc1Cc1ccc2ccc4c(c2c1)OCN(C1CCCCC1)C4)OCN(C1CCCCC1)C3. The molecule has 4 aliphatic rings. The van der Waals surface area contributed by atoms with Gasteiger partial charge in [0.05, 0.1) is 0 Å². The second kappa shape index (κ2) is 11.0. The smallest absolute Gasteiger partial charge is 0.142 e. The molecule has 0 aromatic heterocycles. The molecule has 4 nitrogen and oxygen atoms in total. The van der Waals surface area contributed by atoms with Gasteiger partial charge in [0, 0.05) is 47.1 Å². The van der Waals surface area contributed by atoms with Crippen LogP contribution in [0.25, 0.3) is 21.5 Å². The summed E-state index contributed by atoms with van der Waals surface area (Å²) in [6, 6.07) is 24.3. The highest BCUT2D eigenvalue weighted by Crippen LogP contribution is 2.39. The van der Waals surface area contributed by atoms with Crippen molar-refractivity contribution in [3.63, 3.8) is 0 Å². The van der Waals surface area contributed by atoms with Gasteiger partial charge in [0.25, 0.3) is 0 Å². The Labute approximate surface area is 244 Å². The lowest BCUT2D eigenvalue weighted by molar-refractivity contribution is 0.0414. The topological polar surface area (TPSA) is 24.9 Å². The van der Waals surface area contributed by atoms with Crippen LogP contribution in [-0.4, -0.2) is 35.3 Å². The third-order valence-electron chi connectivity index (χ3n) is 10.3. The molecule has 2 fully saturated rings. The molecule has 0 radical (unpaired) electrons. The summed E-state index contributed by atoms with van der Waals surface area (Å²) in [5, 5.41) is 5.05. The van der Waals surface area contributed by atoms with Crippen LogP contribution in [0.3, 0.4) is 0 Å². The fourth-order valence-electron chi connectivity index (χ4n) is 8.00. The van der Waals surface area contributed by atoms with Crippen molar-refractivity contribution in [2.45, 2.75) is 95.8 Å². The van der Waals surface area contributed by atoms with Crippen LogP contribution in [0.4, 0.5) is 0 Å². The van der Waals surface area contributed by atoms with E-state index >= 15 is 0 Å². The molecule has 0 N–H and O–H groups in total. The molecular formula is C37H42N2O2. The van der Waals surface area contributed by atoms with E-state index in [1.165, 1.54) is 108 Å². The summed E-state index contributed by atoms with van der Waals surface area (Å²) in [7, 11) is 0. The van der Waals surface area contributed by atoms with E-state index < -0.39 is 0 Å². The molecule has 2 aliphatic heterocycles. The summed E-state index contributed by atoms with van der Waals surface area (Å²) in [6.45, 7) is 3.45. The number of rotatable bonds is 4. The first-order chi connectivity index (χ1) is 20.3. The van der Waals surface area contributed by atoms with Crippen molar-refractivity contribution in [2.75, 3.05) is 13.5 Å². The Morgan fingerprint density at radius 2 is 0.976 bits per heavy atom. The summed E-state index contributed by atoms with van der Waals surface area (Å²) in [6.07, 6.45) is 14.4. The molecule has 41 heavy (non-hydrogen) atoms. The van der Waals surface area contributed by atoms with Crippen molar-refractivity contribution in [2.24, 2.45) is 0 Å². The largest absolute Gasteiger partial charge is 0.477 e. The van der Waals surface area contributed by atoms with Gasteiger partial charge in [-0.15, -0.1) is 0 Å². The first kappa shape index (κ1) is 25.6. The second-order valence-electron chi connectivity index (χ2n) is 13.0. The molecule has 4 heteroatoms. The molecule has 2 aliphatic carbocycles. The molecule has 4 aromatic rings. The molecule has 2 saturated carbocycles. The van der Waals surface area contributed by atoms with E-state index in [9.17, 15) is 0 Å². The van der Waals surface area contributed by atoms with Gasteiger partial charge in [-0.05, 0) is 66.1 Å². The normalized spacial score (nSPS) is 20.9. The van der Waals surface area contributed by atoms with Gasteiger partial charge in [-0.1, -0.05) is 87.1 Å². The lowest BCUT2D eigenvalue weighted by Gasteiger charge is -2.37. The van der Waals surface area contributed by atoms with Gasteiger partial charge in [-0.2, -0.15) is 0 Å². The average molecular weight is 547 g/mol. The maximum Gasteiger partial charge on any atom is 0.142 e. The van der Waals surface area contributed by atoms with Crippen LogP contribution in [0.5, 0.6) is 11.5 Å². The van der Waals surface area contributed by atoms with Gasteiger partial charge in [0.15, 0.2) is 0 Å². The Morgan fingerprint density at radius 1 is 0.537 bits per heavy atom.